The van der Waals surface area contributed by atoms with E-state index < -0.39 is 16.2 Å². The summed E-state index contributed by atoms with van der Waals surface area (Å²) in [4.78, 5) is 0. The predicted octanol–water partition coefficient (Wildman–Crippen LogP) is 2.75. The maximum atomic E-state index is 11.0. The fourth-order valence-corrected chi connectivity index (χ4v) is 2.61. The molecule has 3 nitrogen and oxygen atoms in total. The van der Waals surface area contributed by atoms with Crippen molar-refractivity contribution in [3.8, 4) is 0 Å². The van der Waals surface area contributed by atoms with Crippen LogP contribution in [0.2, 0.25) is 5.02 Å². The minimum Gasteiger partial charge on any atom is -0.261 e. The van der Waals surface area contributed by atoms with Gasteiger partial charge in [0.2, 0.25) is 0 Å². The lowest BCUT2D eigenvalue weighted by molar-refractivity contribution is 0.242. The van der Waals surface area contributed by atoms with Crippen LogP contribution in [0.3, 0.4) is 0 Å². The quantitative estimate of drug-likeness (QED) is 0.634. The molecule has 15 heavy (non-hydrogen) atoms. The van der Waals surface area contributed by atoms with Crippen LogP contribution in [-0.2, 0) is 14.3 Å². The monoisotopic (exact) mass is 312 g/mol. The molecule has 0 bridgehead atoms. The Bertz CT molecular complexity index is 433. The molecular formula is C9H10BrClO3S. The van der Waals surface area contributed by atoms with Crippen molar-refractivity contribution >= 4 is 37.6 Å². The zero-order chi connectivity index (χ0) is 11.5. The van der Waals surface area contributed by atoms with E-state index in [4.69, 9.17) is 15.8 Å². The number of alkyl halides is 1. The summed E-state index contributed by atoms with van der Waals surface area (Å²) in [5, 5.41) is 0.856. The number of hydrogen-bond acceptors (Lipinski definition) is 3. The molecule has 0 heterocycles. The first-order chi connectivity index (χ1) is 6.94. The normalized spacial score (nSPS) is 13.8. The molecule has 0 N–H and O–H groups in total. The van der Waals surface area contributed by atoms with E-state index >= 15 is 0 Å². The van der Waals surface area contributed by atoms with Crippen LogP contribution < -0.4 is 0 Å². The van der Waals surface area contributed by atoms with Crippen LogP contribution >= 0.6 is 27.5 Å². The summed E-state index contributed by atoms with van der Waals surface area (Å²) in [5.74, 6) is 0. The zero-order valence-corrected chi connectivity index (χ0v) is 11.1. The highest BCUT2D eigenvalue weighted by Crippen LogP contribution is 2.27. The molecule has 1 atom stereocenters. The molecule has 6 heteroatoms. The van der Waals surface area contributed by atoms with Gasteiger partial charge in [-0.25, -0.2) is 0 Å². The van der Waals surface area contributed by atoms with Gasteiger partial charge >= 0.3 is 0 Å². The molecule has 1 unspecified atom stereocenters. The third-order valence-corrected chi connectivity index (χ3v) is 3.20. The molecule has 0 spiro atoms. The molecule has 1 rings (SSSR count). The second-order valence-electron chi connectivity index (χ2n) is 2.96. The van der Waals surface area contributed by atoms with Gasteiger partial charge in [-0.15, -0.1) is 0 Å². The molecule has 1 aromatic rings. The molecule has 84 valence electrons. The van der Waals surface area contributed by atoms with Crippen LogP contribution in [0.25, 0.3) is 0 Å². The fourth-order valence-electron chi connectivity index (χ4n) is 1.11. The van der Waals surface area contributed by atoms with Crippen LogP contribution in [0.1, 0.15) is 11.7 Å². The number of benzene rings is 1. The predicted molar refractivity (Wildman–Crippen MR) is 63.9 cm³/mol. The second-order valence-corrected chi connectivity index (χ2v) is 5.62. The standard InChI is InChI=1S/C9H10BrClO3S/c1-15(12,13)14-9(6-10)7-4-2-3-5-8(7)11/h2-5,9H,6H2,1H3. The van der Waals surface area contributed by atoms with Crippen molar-refractivity contribution < 1.29 is 12.6 Å². The minimum absolute atomic E-state index is 0.365. The molecule has 0 saturated carbocycles. The Morgan fingerprint density at radius 1 is 1.47 bits per heavy atom. The van der Waals surface area contributed by atoms with Crippen LogP contribution in [0.15, 0.2) is 24.3 Å². The lowest BCUT2D eigenvalue weighted by atomic mass is 10.1. The molecule has 0 aliphatic rings. The molecule has 0 aromatic heterocycles. The average molecular weight is 314 g/mol. The Labute approximate surface area is 103 Å². The van der Waals surface area contributed by atoms with Gasteiger partial charge in [0, 0.05) is 15.9 Å². The van der Waals surface area contributed by atoms with Gasteiger partial charge in [-0.2, -0.15) is 8.42 Å². The topological polar surface area (TPSA) is 43.4 Å². The first kappa shape index (κ1) is 13.0. The third kappa shape index (κ3) is 4.10. The Balaban J connectivity index is 2.98. The Morgan fingerprint density at radius 2 is 2.07 bits per heavy atom. The number of hydrogen-bond donors (Lipinski definition) is 0. The van der Waals surface area contributed by atoms with Crippen LogP contribution in [-0.4, -0.2) is 20.0 Å². The third-order valence-electron chi connectivity index (χ3n) is 1.68. The highest BCUT2D eigenvalue weighted by atomic mass is 79.9. The Kier molecular flexibility index (Phi) is 4.58. The summed E-state index contributed by atoms with van der Waals surface area (Å²) in [5.41, 5.74) is 0.654. The fraction of sp³-hybridized carbons (Fsp3) is 0.333. The smallest absolute Gasteiger partial charge is 0.261 e. The van der Waals surface area contributed by atoms with E-state index in [1.807, 2.05) is 0 Å². The number of halogens is 2. The lowest BCUT2D eigenvalue weighted by Crippen LogP contribution is -2.12. The van der Waals surface area contributed by atoms with Gasteiger partial charge in [-0.3, -0.25) is 4.18 Å². The van der Waals surface area contributed by atoms with Crippen LogP contribution in [0, 0.1) is 0 Å². The van der Waals surface area contributed by atoms with E-state index in [0.717, 1.165) is 6.26 Å². The SMILES string of the molecule is CS(=O)(=O)OC(CBr)c1ccccc1Cl. The molecule has 1 aromatic carbocycles. The van der Waals surface area contributed by atoms with Crippen LogP contribution in [0.5, 0.6) is 0 Å². The Hall–Kier alpha value is -0.100. The van der Waals surface area contributed by atoms with E-state index in [2.05, 4.69) is 15.9 Å². The first-order valence-corrected chi connectivity index (χ1v) is 7.44. The van der Waals surface area contributed by atoms with Gasteiger partial charge in [-0.05, 0) is 6.07 Å². The van der Waals surface area contributed by atoms with Crippen molar-refractivity contribution in [2.24, 2.45) is 0 Å². The summed E-state index contributed by atoms with van der Waals surface area (Å²) in [6, 6.07) is 6.98. The van der Waals surface area contributed by atoms with Crippen molar-refractivity contribution in [3.63, 3.8) is 0 Å². The zero-order valence-electron chi connectivity index (χ0n) is 7.98. The number of rotatable bonds is 4. The van der Waals surface area contributed by atoms with Gasteiger partial charge < -0.3 is 0 Å². The van der Waals surface area contributed by atoms with Crippen LogP contribution in [0.4, 0.5) is 0 Å². The lowest BCUT2D eigenvalue weighted by Gasteiger charge is -2.14. The highest BCUT2D eigenvalue weighted by molar-refractivity contribution is 9.09. The van der Waals surface area contributed by atoms with Crippen molar-refractivity contribution in [3.05, 3.63) is 34.9 Å². The summed E-state index contributed by atoms with van der Waals surface area (Å²) >= 11 is 9.12. The second kappa shape index (κ2) is 5.30. The van der Waals surface area contributed by atoms with Crippen molar-refractivity contribution in [1.82, 2.24) is 0 Å². The summed E-state index contributed by atoms with van der Waals surface area (Å²) in [6.07, 6.45) is 0.424. The van der Waals surface area contributed by atoms with Gasteiger partial charge in [0.25, 0.3) is 10.1 Å². The largest absolute Gasteiger partial charge is 0.265 e. The van der Waals surface area contributed by atoms with Gasteiger partial charge in [0.1, 0.15) is 6.10 Å². The van der Waals surface area contributed by atoms with E-state index in [1.165, 1.54) is 0 Å². The molecule has 0 radical (unpaired) electrons. The van der Waals surface area contributed by atoms with Gasteiger partial charge in [0.15, 0.2) is 0 Å². The highest BCUT2D eigenvalue weighted by Gasteiger charge is 2.18. The molecule has 0 saturated heterocycles. The maximum absolute atomic E-state index is 11.0. The van der Waals surface area contributed by atoms with E-state index in [9.17, 15) is 8.42 Å². The summed E-state index contributed by atoms with van der Waals surface area (Å²) in [7, 11) is -3.49. The van der Waals surface area contributed by atoms with E-state index in [0.29, 0.717) is 15.9 Å². The van der Waals surface area contributed by atoms with Crippen molar-refractivity contribution in [1.29, 1.82) is 0 Å². The minimum atomic E-state index is -3.49. The van der Waals surface area contributed by atoms with E-state index in [1.54, 1.807) is 24.3 Å². The molecule has 0 fully saturated rings. The molecule has 0 amide bonds. The van der Waals surface area contributed by atoms with Crippen molar-refractivity contribution in [2.45, 2.75) is 6.10 Å². The van der Waals surface area contributed by atoms with E-state index in [-0.39, 0.29) is 0 Å². The molecule has 0 aliphatic heterocycles. The molecule has 0 aliphatic carbocycles. The maximum Gasteiger partial charge on any atom is 0.265 e. The van der Waals surface area contributed by atoms with Crippen molar-refractivity contribution in [2.75, 3.05) is 11.6 Å². The van der Waals surface area contributed by atoms with Gasteiger partial charge in [0.05, 0.1) is 6.26 Å². The first-order valence-electron chi connectivity index (χ1n) is 4.12. The summed E-state index contributed by atoms with van der Waals surface area (Å²) < 4.78 is 26.9. The van der Waals surface area contributed by atoms with Gasteiger partial charge in [-0.1, -0.05) is 45.7 Å². The molecular weight excluding hydrogens is 304 g/mol. The Morgan fingerprint density at radius 3 is 2.53 bits per heavy atom. The summed E-state index contributed by atoms with van der Waals surface area (Å²) in [6.45, 7) is 0. The average Bonchev–Trinajstić information content (AvgIpc) is 2.14.